The molecule has 132 valence electrons. The molecule has 2 aromatic rings. The lowest BCUT2D eigenvalue weighted by Gasteiger charge is -2.19. The van der Waals surface area contributed by atoms with E-state index in [4.69, 9.17) is 15.2 Å². The SMILES string of the molecule is Cn1nnc(-c2c(F)cccc2C2NC(=O)OC2COC(=O)CN)n1. The molecule has 10 nitrogen and oxygen atoms in total. The van der Waals surface area contributed by atoms with Gasteiger partial charge < -0.3 is 20.5 Å². The first-order chi connectivity index (χ1) is 12.0. The number of ether oxygens (including phenoxy) is 2. The molecule has 0 bridgehead atoms. The third kappa shape index (κ3) is 3.40. The van der Waals surface area contributed by atoms with E-state index in [-0.39, 0.29) is 24.5 Å². The van der Waals surface area contributed by atoms with Crippen LogP contribution in [0, 0.1) is 5.82 Å². The minimum absolute atomic E-state index is 0.0643. The van der Waals surface area contributed by atoms with Crippen molar-refractivity contribution in [2.45, 2.75) is 12.1 Å². The van der Waals surface area contributed by atoms with Gasteiger partial charge in [0.25, 0.3) is 0 Å². The molecule has 0 radical (unpaired) electrons. The fourth-order valence-electron chi connectivity index (χ4n) is 2.52. The number of hydrogen-bond donors (Lipinski definition) is 2. The average Bonchev–Trinajstić information content (AvgIpc) is 3.17. The van der Waals surface area contributed by atoms with Crippen molar-refractivity contribution >= 4 is 12.1 Å². The highest BCUT2D eigenvalue weighted by atomic mass is 19.1. The minimum atomic E-state index is -0.847. The molecule has 1 aliphatic heterocycles. The summed E-state index contributed by atoms with van der Waals surface area (Å²) in [5, 5.41) is 14.1. The van der Waals surface area contributed by atoms with Gasteiger partial charge in [-0.25, -0.2) is 9.18 Å². The fourth-order valence-corrected chi connectivity index (χ4v) is 2.52. The number of nitrogens with zero attached hydrogens (tertiary/aromatic N) is 4. The zero-order chi connectivity index (χ0) is 18.0. The van der Waals surface area contributed by atoms with Gasteiger partial charge in [0.2, 0.25) is 5.82 Å². The smallest absolute Gasteiger partial charge is 0.408 e. The zero-order valence-corrected chi connectivity index (χ0v) is 13.2. The lowest BCUT2D eigenvalue weighted by Crippen LogP contribution is -2.29. The van der Waals surface area contributed by atoms with E-state index in [1.807, 2.05) is 0 Å². The van der Waals surface area contributed by atoms with E-state index in [9.17, 15) is 14.0 Å². The molecule has 2 heterocycles. The Morgan fingerprint density at radius 2 is 2.32 bits per heavy atom. The molecule has 3 rings (SSSR count). The van der Waals surface area contributed by atoms with Gasteiger partial charge in [0.15, 0.2) is 6.10 Å². The number of tetrazole rings is 1. The van der Waals surface area contributed by atoms with Crippen molar-refractivity contribution < 1.29 is 23.5 Å². The summed E-state index contributed by atoms with van der Waals surface area (Å²) in [5.41, 5.74) is 5.65. The number of halogens is 1. The van der Waals surface area contributed by atoms with Crippen LogP contribution in [0.2, 0.25) is 0 Å². The molecular formula is C14H15FN6O4. The van der Waals surface area contributed by atoms with Gasteiger partial charge in [-0.3, -0.25) is 4.79 Å². The van der Waals surface area contributed by atoms with Crippen LogP contribution in [0.3, 0.4) is 0 Å². The maximum absolute atomic E-state index is 14.4. The Morgan fingerprint density at radius 1 is 1.52 bits per heavy atom. The Bertz CT molecular complexity index is 810. The molecule has 1 aliphatic rings. The van der Waals surface area contributed by atoms with Crippen molar-refractivity contribution in [1.29, 1.82) is 0 Å². The number of amides is 1. The van der Waals surface area contributed by atoms with Crippen LogP contribution in [0.15, 0.2) is 18.2 Å². The van der Waals surface area contributed by atoms with Crippen LogP contribution < -0.4 is 11.1 Å². The molecule has 1 amide bonds. The van der Waals surface area contributed by atoms with Crippen LogP contribution in [-0.2, 0) is 21.3 Å². The first-order valence-corrected chi connectivity index (χ1v) is 7.35. The number of cyclic esters (lactones) is 1. The van der Waals surface area contributed by atoms with Gasteiger partial charge in [0.1, 0.15) is 12.4 Å². The summed E-state index contributed by atoms with van der Waals surface area (Å²) in [5.74, 6) is -1.16. The monoisotopic (exact) mass is 350 g/mol. The van der Waals surface area contributed by atoms with Crippen LogP contribution in [-0.4, -0.2) is 51.5 Å². The van der Waals surface area contributed by atoms with Gasteiger partial charge in [-0.05, 0) is 16.8 Å². The second-order valence-electron chi connectivity index (χ2n) is 5.26. The molecule has 0 aliphatic carbocycles. The highest BCUT2D eigenvalue weighted by Gasteiger charge is 2.38. The van der Waals surface area contributed by atoms with Crippen molar-refractivity contribution in [3.8, 4) is 11.4 Å². The quantitative estimate of drug-likeness (QED) is 0.700. The summed E-state index contributed by atoms with van der Waals surface area (Å²) in [7, 11) is 1.55. The Hall–Kier alpha value is -3.08. The largest absolute Gasteiger partial charge is 0.461 e. The standard InChI is InChI=1S/C14H15FN6O4/c1-21-19-13(18-20-21)11-7(3-2-4-8(11)15)12-9(25-14(23)17-12)6-24-10(22)5-16/h2-4,9,12H,5-6,16H2,1H3,(H,17,23). The van der Waals surface area contributed by atoms with E-state index < -0.39 is 30.0 Å². The molecule has 0 saturated carbocycles. The summed E-state index contributed by atoms with van der Waals surface area (Å²) in [6, 6.07) is 3.58. The van der Waals surface area contributed by atoms with Crippen LogP contribution in [0.1, 0.15) is 11.6 Å². The van der Waals surface area contributed by atoms with Gasteiger partial charge in [0, 0.05) is 0 Å². The van der Waals surface area contributed by atoms with Gasteiger partial charge >= 0.3 is 12.1 Å². The number of benzene rings is 1. The lowest BCUT2D eigenvalue weighted by molar-refractivity contribution is -0.144. The van der Waals surface area contributed by atoms with Gasteiger partial charge in [-0.15, -0.1) is 10.2 Å². The van der Waals surface area contributed by atoms with Gasteiger partial charge in [-0.1, -0.05) is 12.1 Å². The Morgan fingerprint density at radius 3 is 3.00 bits per heavy atom. The van der Waals surface area contributed by atoms with Crippen molar-refractivity contribution in [3.63, 3.8) is 0 Å². The number of alkyl carbamates (subject to hydrolysis) is 1. The van der Waals surface area contributed by atoms with E-state index in [1.165, 1.54) is 16.9 Å². The van der Waals surface area contributed by atoms with Crippen molar-refractivity contribution in [1.82, 2.24) is 25.5 Å². The molecule has 11 heteroatoms. The summed E-state index contributed by atoms with van der Waals surface area (Å²) >= 11 is 0. The highest BCUT2D eigenvalue weighted by molar-refractivity contribution is 5.73. The maximum Gasteiger partial charge on any atom is 0.408 e. The molecule has 1 aromatic heterocycles. The Labute approximate surface area is 141 Å². The molecule has 1 aromatic carbocycles. The summed E-state index contributed by atoms with van der Waals surface area (Å²) in [4.78, 5) is 24.1. The number of carbonyl (C=O) groups is 2. The topological polar surface area (TPSA) is 134 Å². The summed E-state index contributed by atoms with van der Waals surface area (Å²) < 4.78 is 24.5. The zero-order valence-electron chi connectivity index (χ0n) is 13.2. The van der Waals surface area contributed by atoms with Crippen molar-refractivity contribution in [2.24, 2.45) is 12.8 Å². The molecule has 3 N–H and O–H groups in total. The van der Waals surface area contributed by atoms with Gasteiger partial charge in [0.05, 0.1) is 25.2 Å². The summed E-state index contributed by atoms with van der Waals surface area (Å²) in [6.45, 7) is -0.517. The molecule has 25 heavy (non-hydrogen) atoms. The van der Waals surface area contributed by atoms with Crippen LogP contribution in [0.25, 0.3) is 11.4 Å². The number of rotatable bonds is 5. The molecule has 0 spiro atoms. The van der Waals surface area contributed by atoms with Crippen LogP contribution in [0.5, 0.6) is 0 Å². The number of carbonyl (C=O) groups excluding carboxylic acids is 2. The number of nitrogens with two attached hydrogens (primary N) is 1. The highest BCUT2D eigenvalue weighted by Crippen LogP contribution is 2.33. The van der Waals surface area contributed by atoms with Gasteiger partial charge in [-0.2, -0.15) is 4.80 Å². The minimum Gasteiger partial charge on any atom is -0.461 e. The number of nitrogens with one attached hydrogen (secondary N) is 1. The number of aryl methyl sites for hydroxylation is 1. The molecule has 2 unspecified atom stereocenters. The molecule has 2 atom stereocenters. The summed E-state index contributed by atoms with van der Waals surface area (Å²) in [6.07, 6.45) is -1.55. The second kappa shape index (κ2) is 6.81. The third-order valence-corrected chi connectivity index (χ3v) is 3.59. The third-order valence-electron chi connectivity index (χ3n) is 3.59. The van der Waals surface area contributed by atoms with Crippen molar-refractivity contribution in [3.05, 3.63) is 29.6 Å². The van der Waals surface area contributed by atoms with E-state index in [2.05, 4.69) is 20.7 Å². The molecule has 1 saturated heterocycles. The predicted octanol–water partition coefficient (Wildman–Crippen LogP) is -0.332. The Kier molecular flexibility index (Phi) is 4.57. The first kappa shape index (κ1) is 16.8. The first-order valence-electron chi connectivity index (χ1n) is 7.35. The normalized spacial score (nSPS) is 19.4. The second-order valence-corrected chi connectivity index (χ2v) is 5.26. The van der Waals surface area contributed by atoms with E-state index in [0.29, 0.717) is 5.56 Å². The lowest BCUT2D eigenvalue weighted by atomic mass is 9.96. The van der Waals surface area contributed by atoms with Crippen LogP contribution in [0.4, 0.5) is 9.18 Å². The molecule has 1 fully saturated rings. The van der Waals surface area contributed by atoms with E-state index >= 15 is 0 Å². The number of esters is 1. The van der Waals surface area contributed by atoms with Crippen molar-refractivity contribution in [2.75, 3.05) is 13.2 Å². The maximum atomic E-state index is 14.4. The molecular weight excluding hydrogens is 335 g/mol. The Balaban J connectivity index is 1.95. The number of hydrogen-bond acceptors (Lipinski definition) is 8. The van der Waals surface area contributed by atoms with E-state index in [1.54, 1.807) is 13.1 Å². The fraction of sp³-hybridized carbons (Fsp3) is 0.357. The van der Waals surface area contributed by atoms with E-state index in [0.717, 1.165) is 0 Å². The average molecular weight is 350 g/mol. The predicted molar refractivity (Wildman–Crippen MR) is 80.4 cm³/mol. The number of aromatic nitrogens is 4. The van der Waals surface area contributed by atoms with Crippen LogP contribution >= 0.6 is 0 Å².